The maximum Gasteiger partial charge on any atom is 0.0550 e. The van der Waals surface area contributed by atoms with Gasteiger partial charge < -0.3 is 0 Å². The van der Waals surface area contributed by atoms with Crippen molar-refractivity contribution in [1.29, 1.82) is 0 Å². The molecule has 0 aromatic heterocycles. The van der Waals surface area contributed by atoms with Crippen molar-refractivity contribution in [3.05, 3.63) is 53.6 Å². The fourth-order valence-electron chi connectivity index (χ4n) is 8.70. The van der Waals surface area contributed by atoms with Crippen molar-refractivity contribution >= 4 is 13.6 Å². The Morgan fingerprint density at radius 1 is 0.781 bits per heavy atom. The first-order valence-corrected chi connectivity index (χ1v) is 16.5. The lowest BCUT2D eigenvalue weighted by molar-refractivity contribution is 0.352. The molecule has 0 heterocycles. The van der Waals surface area contributed by atoms with E-state index in [9.17, 15) is 0 Å². The molecule has 2 fully saturated rings. The molecule has 0 spiro atoms. The van der Waals surface area contributed by atoms with Gasteiger partial charge in [0.25, 0.3) is 0 Å². The number of fused-ring (bicyclic) bond motifs is 1. The second-order valence-electron chi connectivity index (χ2n) is 13.5. The highest BCUT2D eigenvalue weighted by atomic mass is 28.3. The Hall–Kier alpha value is -1.08. The number of hydrogen-bond acceptors (Lipinski definition) is 0. The topological polar surface area (TPSA) is 0 Å². The van der Waals surface area contributed by atoms with Gasteiger partial charge in [0.2, 0.25) is 0 Å². The van der Waals surface area contributed by atoms with Crippen LogP contribution in [0.25, 0.3) is 5.57 Å². The van der Waals surface area contributed by atoms with E-state index >= 15 is 0 Å². The SMILES string of the molecule is CC1CC2C(c3ccc(C(C)(C)C)cc3)=CC=CC2C1[Si](C)(C)C1C(C)C(C)C(C)C1C. The summed E-state index contributed by atoms with van der Waals surface area (Å²) in [6.45, 7) is 25.3. The lowest BCUT2D eigenvalue weighted by atomic mass is 9.80. The van der Waals surface area contributed by atoms with Crippen LogP contribution >= 0.6 is 0 Å². The molecule has 0 nitrogen and oxygen atoms in total. The molecule has 3 aliphatic carbocycles. The highest BCUT2D eigenvalue weighted by Crippen LogP contribution is 2.63. The van der Waals surface area contributed by atoms with Gasteiger partial charge in [0.15, 0.2) is 0 Å². The maximum atomic E-state index is 2.77. The molecule has 2 saturated carbocycles. The molecule has 0 saturated heterocycles. The zero-order valence-corrected chi connectivity index (χ0v) is 23.4. The van der Waals surface area contributed by atoms with Gasteiger partial charge in [0, 0.05) is 0 Å². The Morgan fingerprint density at radius 2 is 1.34 bits per heavy atom. The second kappa shape index (κ2) is 8.29. The molecule has 0 amide bonds. The first-order valence-electron chi connectivity index (χ1n) is 13.3. The molecule has 0 bridgehead atoms. The highest BCUT2D eigenvalue weighted by Gasteiger charge is 2.57. The van der Waals surface area contributed by atoms with Crippen LogP contribution < -0.4 is 0 Å². The minimum absolute atomic E-state index is 0.216. The van der Waals surface area contributed by atoms with Crippen LogP contribution in [0.5, 0.6) is 0 Å². The molecule has 3 aliphatic rings. The van der Waals surface area contributed by atoms with Crippen LogP contribution in [0.3, 0.4) is 0 Å². The van der Waals surface area contributed by atoms with E-state index < -0.39 is 8.07 Å². The summed E-state index contributed by atoms with van der Waals surface area (Å²) in [5.74, 6) is 5.76. The van der Waals surface area contributed by atoms with Crippen molar-refractivity contribution in [3.63, 3.8) is 0 Å². The van der Waals surface area contributed by atoms with Crippen LogP contribution in [0.15, 0.2) is 42.5 Å². The summed E-state index contributed by atoms with van der Waals surface area (Å²) < 4.78 is 0. The van der Waals surface area contributed by atoms with Crippen molar-refractivity contribution in [3.8, 4) is 0 Å². The predicted molar refractivity (Wildman–Crippen MR) is 145 cm³/mol. The van der Waals surface area contributed by atoms with E-state index in [1.54, 1.807) is 5.57 Å². The van der Waals surface area contributed by atoms with E-state index in [0.717, 1.165) is 46.6 Å². The van der Waals surface area contributed by atoms with Gasteiger partial charge in [0.1, 0.15) is 0 Å². The molecule has 1 aromatic carbocycles. The molecule has 0 radical (unpaired) electrons. The quantitative estimate of drug-likeness (QED) is 0.404. The average molecular weight is 449 g/mol. The van der Waals surface area contributed by atoms with E-state index in [1.807, 2.05) is 0 Å². The van der Waals surface area contributed by atoms with Gasteiger partial charge in [-0.15, -0.1) is 0 Å². The zero-order chi connectivity index (χ0) is 23.6. The fraction of sp³-hybridized carbons (Fsp3) is 0.677. The number of rotatable bonds is 3. The van der Waals surface area contributed by atoms with Crippen LogP contribution in [-0.2, 0) is 5.41 Å². The van der Waals surface area contributed by atoms with E-state index in [1.165, 1.54) is 17.5 Å². The number of benzene rings is 1. The Kier molecular flexibility index (Phi) is 6.24. The van der Waals surface area contributed by atoms with E-state index in [0.29, 0.717) is 5.92 Å². The minimum Gasteiger partial charge on any atom is -0.0808 e. The molecule has 8 atom stereocenters. The maximum absolute atomic E-state index is 2.77. The summed E-state index contributed by atoms with van der Waals surface area (Å²) >= 11 is 0. The van der Waals surface area contributed by atoms with E-state index in [4.69, 9.17) is 0 Å². The summed E-state index contributed by atoms with van der Waals surface area (Å²) in [7, 11) is -1.46. The molecule has 1 heteroatoms. The van der Waals surface area contributed by atoms with Crippen molar-refractivity contribution in [2.75, 3.05) is 0 Å². The molecule has 4 rings (SSSR count). The molecular formula is C31H48Si. The third-order valence-electron chi connectivity index (χ3n) is 10.6. The normalized spacial score (nSPS) is 39.8. The smallest absolute Gasteiger partial charge is 0.0550 e. The van der Waals surface area contributed by atoms with Crippen LogP contribution in [0.1, 0.15) is 72.9 Å². The molecule has 176 valence electrons. The summed E-state index contributed by atoms with van der Waals surface area (Å²) in [4.78, 5) is 0. The van der Waals surface area contributed by atoms with Gasteiger partial charge in [-0.1, -0.05) is 111 Å². The predicted octanol–water partition coefficient (Wildman–Crippen LogP) is 9.22. The third-order valence-corrected chi connectivity index (χ3v) is 16.0. The lowest BCUT2D eigenvalue weighted by Crippen LogP contribution is -2.45. The van der Waals surface area contributed by atoms with Crippen LogP contribution in [0.4, 0.5) is 0 Å². The van der Waals surface area contributed by atoms with Gasteiger partial charge in [-0.3, -0.25) is 0 Å². The molecule has 0 aliphatic heterocycles. The van der Waals surface area contributed by atoms with Crippen molar-refractivity contribution in [1.82, 2.24) is 0 Å². The monoisotopic (exact) mass is 448 g/mol. The van der Waals surface area contributed by atoms with Crippen molar-refractivity contribution in [2.45, 2.75) is 91.4 Å². The summed E-state index contributed by atoms with van der Waals surface area (Å²) in [5, 5.41) is 0. The van der Waals surface area contributed by atoms with Gasteiger partial charge in [0.05, 0.1) is 8.07 Å². The van der Waals surface area contributed by atoms with Crippen molar-refractivity contribution in [2.24, 2.45) is 41.4 Å². The first-order chi connectivity index (χ1) is 14.9. The fourth-order valence-corrected chi connectivity index (χ4v) is 15.4. The minimum atomic E-state index is -1.46. The Morgan fingerprint density at radius 3 is 1.88 bits per heavy atom. The molecular weight excluding hydrogens is 400 g/mol. The first kappa shape index (κ1) is 24.1. The standard InChI is InChI=1S/C31H48Si/c1-19-18-28-26(24-14-16-25(17-15-24)31(6,7)8)12-11-13-27(28)29(19)32(9,10)30-22(4)20(2)21(3)23(30)5/h11-17,19-23,27-30H,18H2,1-10H3. The van der Waals surface area contributed by atoms with Crippen molar-refractivity contribution < 1.29 is 0 Å². The Labute approximate surface area is 200 Å². The number of hydrogen-bond donors (Lipinski definition) is 0. The summed E-state index contributed by atoms with van der Waals surface area (Å²) in [5.41, 5.74) is 6.55. The van der Waals surface area contributed by atoms with Gasteiger partial charge in [-0.05, 0) is 81.0 Å². The Balaban J connectivity index is 1.63. The second-order valence-corrected chi connectivity index (χ2v) is 18.5. The molecule has 1 aromatic rings. The van der Waals surface area contributed by atoms with Crippen LogP contribution in [0, 0.1) is 41.4 Å². The van der Waals surface area contributed by atoms with Crippen LogP contribution in [-0.4, -0.2) is 8.07 Å². The molecule has 8 unspecified atom stereocenters. The zero-order valence-electron chi connectivity index (χ0n) is 22.4. The average Bonchev–Trinajstić information content (AvgIpc) is 3.16. The highest BCUT2D eigenvalue weighted by molar-refractivity contribution is 6.80. The molecule has 0 N–H and O–H groups in total. The third kappa shape index (κ3) is 3.81. The van der Waals surface area contributed by atoms with E-state index in [2.05, 4.69) is 111 Å². The molecule has 32 heavy (non-hydrogen) atoms. The Bertz CT molecular complexity index is 866. The lowest BCUT2D eigenvalue weighted by Gasteiger charge is -2.45. The number of allylic oxidation sites excluding steroid dienone is 4. The van der Waals surface area contributed by atoms with Gasteiger partial charge >= 0.3 is 0 Å². The van der Waals surface area contributed by atoms with Crippen LogP contribution in [0.2, 0.25) is 24.2 Å². The largest absolute Gasteiger partial charge is 0.0808 e. The summed E-state index contributed by atoms with van der Waals surface area (Å²) in [6.07, 6.45) is 8.81. The summed E-state index contributed by atoms with van der Waals surface area (Å²) in [6, 6.07) is 9.52. The van der Waals surface area contributed by atoms with E-state index in [-0.39, 0.29) is 5.41 Å². The van der Waals surface area contributed by atoms with Gasteiger partial charge in [-0.2, -0.15) is 0 Å². The van der Waals surface area contributed by atoms with Gasteiger partial charge in [-0.25, -0.2) is 0 Å².